The van der Waals surface area contributed by atoms with Gasteiger partial charge in [0.1, 0.15) is 6.10 Å². The standard InChI is InChI=1S/C20H24N4O4/c1-14-7-9-22-24(14)10-8-19(26)23-12-16(11-18(21)25)17(13-23)28-20(27)15-5-3-2-4-6-15/h2-7,9,16-17H,8,10-13H2,1H3,(H2,21,25)/t16-,17+/m0/s1. The number of rotatable bonds is 7. The van der Waals surface area contributed by atoms with Crippen molar-refractivity contribution < 1.29 is 19.1 Å². The third-order valence-electron chi connectivity index (χ3n) is 4.93. The normalized spacial score (nSPS) is 18.8. The van der Waals surface area contributed by atoms with Crippen molar-refractivity contribution >= 4 is 17.8 Å². The molecule has 1 aromatic heterocycles. The van der Waals surface area contributed by atoms with E-state index in [0.29, 0.717) is 18.7 Å². The van der Waals surface area contributed by atoms with Crippen LogP contribution in [-0.4, -0.2) is 51.7 Å². The molecule has 28 heavy (non-hydrogen) atoms. The first-order chi connectivity index (χ1) is 13.4. The number of likely N-dealkylation sites (tertiary alicyclic amines) is 1. The lowest BCUT2D eigenvalue weighted by atomic mass is 10.0. The Bertz CT molecular complexity index is 849. The molecule has 2 aromatic rings. The minimum Gasteiger partial charge on any atom is -0.457 e. The molecule has 1 saturated heterocycles. The van der Waals surface area contributed by atoms with E-state index in [0.717, 1.165) is 5.69 Å². The van der Waals surface area contributed by atoms with Crippen molar-refractivity contribution in [2.24, 2.45) is 11.7 Å². The second kappa shape index (κ2) is 8.69. The minimum absolute atomic E-state index is 0.0643. The van der Waals surface area contributed by atoms with Crippen LogP contribution in [0, 0.1) is 12.8 Å². The van der Waals surface area contributed by atoms with E-state index in [1.807, 2.05) is 19.1 Å². The van der Waals surface area contributed by atoms with E-state index in [1.54, 1.807) is 40.0 Å². The lowest BCUT2D eigenvalue weighted by Crippen LogP contribution is -2.31. The molecule has 0 saturated carbocycles. The fourth-order valence-electron chi connectivity index (χ4n) is 3.41. The van der Waals surface area contributed by atoms with Gasteiger partial charge in [-0.1, -0.05) is 18.2 Å². The zero-order chi connectivity index (χ0) is 20.1. The van der Waals surface area contributed by atoms with Crippen LogP contribution in [0.3, 0.4) is 0 Å². The molecule has 1 aliphatic rings. The smallest absolute Gasteiger partial charge is 0.338 e. The van der Waals surface area contributed by atoms with Crippen molar-refractivity contribution in [3.05, 3.63) is 53.9 Å². The van der Waals surface area contributed by atoms with E-state index in [2.05, 4.69) is 5.10 Å². The number of aromatic nitrogens is 2. The number of hydrogen-bond acceptors (Lipinski definition) is 5. The zero-order valence-corrected chi connectivity index (χ0v) is 15.8. The number of esters is 1. The van der Waals surface area contributed by atoms with Gasteiger partial charge in [-0.05, 0) is 25.1 Å². The van der Waals surface area contributed by atoms with Crippen molar-refractivity contribution in [1.82, 2.24) is 14.7 Å². The van der Waals surface area contributed by atoms with Crippen LogP contribution in [0.2, 0.25) is 0 Å². The summed E-state index contributed by atoms with van der Waals surface area (Å²) in [5.41, 5.74) is 6.75. The second-order valence-corrected chi connectivity index (χ2v) is 6.98. The Morgan fingerprint density at radius 2 is 1.93 bits per heavy atom. The van der Waals surface area contributed by atoms with E-state index in [-0.39, 0.29) is 31.2 Å². The van der Waals surface area contributed by atoms with Crippen molar-refractivity contribution in [2.75, 3.05) is 13.1 Å². The Kier molecular flexibility index (Phi) is 6.08. The number of carbonyl (C=O) groups excluding carboxylic acids is 3. The molecule has 0 bridgehead atoms. The SMILES string of the molecule is Cc1ccnn1CCC(=O)N1C[C@H](CC(N)=O)[C@H](OC(=O)c2ccccc2)C1. The monoisotopic (exact) mass is 384 g/mol. The first-order valence-corrected chi connectivity index (χ1v) is 9.24. The van der Waals surface area contributed by atoms with E-state index in [9.17, 15) is 14.4 Å². The van der Waals surface area contributed by atoms with Crippen molar-refractivity contribution in [3.8, 4) is 0 Å². The van der Waals surface area contributed by atoms with Gasteiger partial charge in [-0.2, -0.15) is 5.10 Å². The largest absolute Gasteiger partial charge is 0.457 e. The van der Waals surface area contributed by atoms with Crippen LogP contribution in [0.5, 0.6) is 0 Å². The first kappa shape index (κ1) is 19.6. The number of hydrogen-bond donors (Lipinski definition) is 1. The third-order valence-corrected chi connectivity index (χ3v) is 4.93. The van der Waals surface area contributed by atoms with Gasteiger partial charge in [0.15, 0.2) is 0 Å². The minimum atomic E-state index is -0.560. The molecule has 1 fully saturated rings. The molecule has 2 heterocycles. The first-order valence-electron chi connectivity index (χ1n) is 9.24. The topological polar surface area (TPSA) is 108 Å². The summed E-state index contributed by atoms with van der Waals surface area (Å²) >= 11 is 0. The van der Waals surface area contributed by atoms with Crippen LogP contribution in [0.15, 0.2) is 42.6 Å². The van der Waals surface area contributed by atoms with Gasteiger partial charge in [0.2, 0.25) is 11.8 Å². The number of nitrogens with two attached hydrogens (primary N) is 1. The van der Waals surface area contributed by atoms with Crippen LogP contribution in [-0.2, 0) is 20.9 Å². The fraction of sp³-hybridized carbons (Fsp3) is 0.400. The summed E-state index contributed by atoms with van der Waals surface area (Å²) in [7, 11) is 0. The summed E-state index contributed by atoms with van der Waals surface area (Å²) in [6, 6.07) is 10.5. The van der Waals surface area contributed by atoms with Gasteiger partial charge < -0.3 is 15.4 Å². The predicted octanol–water partition coefficient (Wildman–Crippen LogP) is 1.14. The molecule has 0 spiro atoms. The number of primary amides is 1. The number of nitrogens with zero attached hydrogens (tertiary/aromatic N) is 3. The Labute approximate surface area is 163 Å². The molecule has 0 unspecified atom stereocenters. The van der Waals surface area contributed by atoms with E-state index < -0.39 is 18.0 Å². The van der Waals surface area contributed by atoms with Crippen molar-refractivity contribution in [3.63, 3.8) is 0 Å². The Morgan fingerprint density at radius 1 is 1.18 bits per heavy atom. The number of carbonyl (C=O) groups is 3. The van der Waals surface area contributed by atoms with Crippen molar-refractivity contribution in [2.45, 2.75) is 32.4 Å². The molecular formula is C20H24N4O4. The Hall–Kier alpha value is -3.16. The fourth-order valence-corrected chi connectivity index (χ4v) is 3.41. The van der Waals surface area contributed by atoms with Crippen molar-refractivity contribution in [1.29, 1.82) is 0 Å². The molecule has 2 atom stereocenters. The molecule has 8 nitrogen and oxygen atoms in total. The Morgan fingerprint density at radius 3 is 2.57 bits per heavy atom. The zero-order valence-electron chi connectivity index (χ0n) is 15.8. The highest BCUT2D eigenvalue weighted by Crippen LogP contribution is 2.25. The van der Waals surface area contributed by atoms with E-state index in [4.69, 9.17) is 10.5 Å². The van der Waals surface area contributed by atoms with E-state index >= 15 is 0 Å². The summed E-state index contributed by atoms with van der Waals surface area (Å²) in [5, 5.41) is 4.17. The number of benzene rings is 1. The van der Waals surface area contributed by atoms with E-state index in [1.165, 1.54) is 0 Å². The number of amides is 2. The molecule has 148 valence electrons. The molecule has 0 aliphatic carbocycles. The molecular weight excluding hydrogens is 360 g/mol. The van der Waals surface area contributed by atoms with Gasteiger partial charge in [-0.25, -0.2) is 4.79 Å². The second-order valence-electron chi connectivity index (χ2n) is 6.98. The van der Waals surface area contributed by atoms with Gasteiger partial charge in [-0.3, -0.25) is 14.3 Å². The third kappa shape index (κ3) is 4.76. The summed E-state index contributed by atoms with van der Waals surface area (Å²) in [6.07, 6.45) is 1.48. The summed E-state index contributed by atoms with van der Waals surface area (Å²) < 4.78 is 7.37. The summed E-state index contributed by atoms with van der Waals surface area (Å²) in [6.45, 7) is 3.00. The average Bonchev–Trinajstić information content (AvgIpc) is 3.26. The molecule has 3 rings (SSSR count). The Balaban J connectivity index is 1.62. The van der Waals surface area contributed by atoms with Crippen LogP contribution in [0.25, 0.3) is 0 Å². The molecule has 8 heteroatoms. The highest BCUT2D eigenvalue weighted by atomic mass is 16.5. The van der Waals surface area contributed by atoms with Crippen LogP contribution in [0.1, 0.15) is 28.9 Å². The molecule has 2 N–H and O–H groups in total. The van der Waals surface area contributed by atoms with Gasteiger partial charge >= 0.3 is 5.97 Å². The lowest BCUT2D eigenvalue weighted by Gasteiger charge is -2.17. The maximum atomic E-state index is 12.6. The average molecular weight is 384 g/mol. The van der Waals surface area contributed by atoms with Gasteiger partial charge in [0, 0.05) is 43.7 Å². The van der Waals surface area contributed by atoms with Crippen LogP contribution >= 0.6 is 0 Å². The highest BCUT2D eigenvalue weighted by Gasteiger charge is 2.38. The van der Waals surface area contributed by atoms with Gasteiger partial charge in [-0.15, -0.1) is 0 Å². The summed E-state index contributed by atoms with van der Waals surface area (Å²) in [5.74, 6) is -1.32. The van der Waals surface area contributed by atoms with Gasteiger partial charge in [0.05, 0.1) is 12.1 Å². The number of ether oxygens (including phenoxy) is 1. The quantitative estimate of drug-likeness (QED) is 0.721. The van der Waals surface area contributed by atoms with Crippen LogP contribution in [0.4, 0.5) is 0 Å². The maximum Gasteiger partial charge on any atom is 0.338 e. The van der Waals surface area contributed by atoms with Gasteiger partial charge in [0.25, 0.3) is 0 Å². The predicted molar refractivity (Wildman–Crippen MR) is 101 cm³/mol. The maximum absolute atomic E-state index is 12.6. The highest BCUT2D eigenvalue weighted by molar-refractivity contribution is 5.89. The summed E-state index contributed by atoms with van der Waals surface area (Å²) in [4.78, 5) is 38.0. The molecule has 1 aliphatic heterocycles. The lowest BCUT2D eigenvalue weighted by molar-refractivity contribution is -0.131. The van der Waals surface area contributed by atoms with Crippen LogP contribution < -0.4 is 5.73 Å². The number of aryl methyl sites for hydroxylation is 2. The molecule has 0 radical (unpaired) electrons. The molecule has 2 amide bonds. The molecule has 1 aromatic carbocycles.